The molecule has 1 rings (SSSR count). The van der Waals surface area contributed by atoms with Gasteiger partial charge in [0.2, 0.25) is 0 Å². The van der Waals surface area contributed by atoms with Crippen LogP contribution in [0.25, 0.3) is 0 Å². The smallest absolute Gasteiger partial charge is 0.333 e. The van der Waals surface area contributed by atoms with Crippen molar-refractivity contribution in [3.8, 4) is 0 Å². The van der Waals surface area contributed by atoms with Gasteiger partial charge in [0.1, 0.15) is 0 Å². The van der Waals surface area contributed by atoms with Crippen LogP contribution in [0.5, 0.6) is 0 Å². The molecule has 0 heterocycles. The Balaban J connectivity index is 2.54. The summed E-state index contributed by atoms with van der Waals surface area (Å²) in [5.41, 5.74) is 0.0323. The number of hydrogen-bond donors (Lipinski definition) is 3. The minimum Gasteiger partial charge on any atom is -0.478 e. The zero-order valence-electron chi connectivity index (χ0n) is 9.13. The highest BCUT2D eigenvalue weighted by atomic mass is 16.5. The Morgan fingerprint density at radius 3 is 2.65 bits per heavy atom. The van der Waals surface area contributed by atoms with Gasteiger partial charge in [-0.2, -0.15) is 0 Å². The average Bonchev–Trinajstić information content (AvgIpc) is 2.26. The number of carboxylic acid groups (broad SMARTS) is 2. The van der Waals surface area contributed by atoms with E-state index in [4.69, 9.17) is 14.9 Å². The molecule has 17 heavy (non-hydrogen) atoms. The van der Waals surface area contributed by atoms with Crippen LogP contribution in [-0.4, -0.2) is 46.1 Å². The molecule has 0 aromatic carbocycles. The first kappa shape index (κ1) is 13.4. The van der Waals surface area contributed by atoms with Crippen LogP contribution in [0.3, 0.4) is 0 Å². The molecule has 3 N–H and O–H groups in total. The summed E-state index contributed by atoms with van der Waals surface area (Å²) in [6.07, 6.45) is 0.163. The van der Waals surface area contributed by atoms with Crippen molar-refractivity contribution in [1.29, 1.82) is 0 Å². The predicted octanol–water partition coefficient (Wildman–Crippen LogP) is 0.178. The van der Waals surface area contributed by atoms with E-state index in [2.05, 4.69) is 6.58 Å². The minimum absolute atomic E-state index is 0.0589. The van der Waals surface area contributed by atoms with Crippen LogP contribution < -0.4 is 0 Å². The lowest BCUT2D eigenvalue weighted by Crippen LogP contribution is -2.34. The molecule has 0 amide bonds. The largest absolute Gasteiger partial charge is 0.478 e. The lowest BCUT2D eigenvalue weighted by Gasteiger charge is -2.26. The third-order valence-electron chi connectivity index (χ3n) is 2.50. The van der Waals surface area contributed by atoms with Crippen molar-refractivity contribution in [1.82, 2.24) is 0 Å². The Kier molecular flexibility index (Phi) is 4.42. The fraction of sp³-hybridized carbons (Fsp3) is 0.455. The van der Waals surface area contributed by atoms with Gasteiger partial charge in [-0.15, -0.1) is 0 Å². The SMILES string of the molecule is C=C(CO[C@@H]1CC(C(=O)O)=CC[C@H]1O)C(=O)O. The normalized spacial score (nSPS) is 23.9. The Bertz CT molecular complexity index is 370. The van der Waals surface area contributed by atoms with Crippen LogP contribution in [-0.2, 0) is 14.3 Å². The van der Waals surface area contributed by atoms with Crippen LogP contribution in [0, 0.1) is 0 Å². The maximum atomic E-state index is 10.7. The van der Waals surface area contributed by atoms with E-state index in [1.807, 2.05) is 0 Å². The summed E-state index contributed by atoms with van der Waals surface area (Å²) in [6, 6.07) is 0. The fourth-order valence-electron chi connectivity index (χ4n) is 1.46. The highest BCUT2D eigenvalue weighted by molar-refractivity contribution is 5.87. The summed E-state index contributed by atoms with van der Waals surface area (Å²) in [5, 5.41) is 26.9. The number of carboxylic acids is 2. The number of hydrogen-bond acceptors (Lipinski definition) is 4. The van der Waals surface area contributed by atoms with E-state index in [9.17, 15) is 14.7 Å². The van der Waals surface area contributed by atoms with Crippen molar-refractivity contribution in [2.24, 2.45) is 0 Å². The van der Waals surface area contributed by atoms with Crippen molar-refractivity contribution < 1.29 is 29.6 Å². The minimum atomic E-state index is -1.18. The first-order valence-corrected chi connectivity index (χ1v) is 5.05. The molecule has 0 radical (unpaired) electrons. The Hall–Kier alpha value is -1.66. The summed E-state index contributed by atoms with van der Waals surface area (Å²) in [5.74, 6) is -2.23. The van der Waals surface area contributed by atoms with E-state index in [-0.39, 0.29) is 30.6 Å². The summed E-state index contributed by atoms with van der Waals surface area (Å²) in [4.78, 5) is 21.2. The highest BCUT2D eigenvalue weighted by Gasteiger charge is 2.27. The molecule has 2 atom stereocenters. The molecule has 6 heteroatoms. The number of ether oxygens (including phenoxy) is 1. The maximum absolute atomic E-state index is 10.7. The molecule has 0 aliphatic heterocycles. The van der Waals surface area contributed by atoms with E-state index in [0.29, 0.717) is 0 Å². The fourth-order valence-corrected chi connectivity index (χ4v) is 1.46. The third-order valence-corrected chi connectivity index (χ3v) is 2.50. The zero-order valence-corrected chi connectivity index (χ0v) is 9.13. The lowest BCUT2D eigenvalue weighted by molar-refractivity contribution is -0.136. The van der Waals surface area contributed by atoms with Crippen LogP contribution >= 0.6 is 0 Å². The standard InChI is InChI=1S/C11H14O6/c1-6(10(13)14)5-17-9-4-7(11(15)16)2-3-8(9)12/h2,8-9,12H,1,3-5H2,(H,13,14)(H,15,16)/t8-,9-/m1/s1. The maximum Gasteiger partial charge on any atom is 0.333 e. The van der Waals surface area contributed by atoms with Gasteiger partial charge >= 0.3 is 11.9 Å². The molecule has 1 aliphatic carbocycles. The summed E-state index contributed by atoms with van der Waals surface area (Å²) >= 11 is 0. The second kappa shape index (κ2) is 5.60. The summed E-state index contributed by atoms with van der Waals surface area (Å²) in [6.45, 7) is 3.05. The van der Waals surface area contributed by atoms with Gasteiger partial charge in [0.15, 0.2) is 0 Å². The molecule has 0 bridgehead atoms. The molecule has 0 saturated heterocycles. The Morgan fingerprint density at radius 1 is 1.47 bits per heavy atom. The Labute approximate surface area is 97.8 Å². The molecule has 0 aromatic heterocycles. The third kappa shape index (κ3) is 3.69. The number of aliphatic hydroxyl groups is 1. The topological polar surface area (TPSA) is 104 Å². The van der Waals surface area contributed by atoms with Gasteiger partial charge in [0.25, 0.3) is 0 Å². The van der Waals surface area contributed by atoms with Crippen molar-refractivity contribution >= 4 is 11.9 Å². The summed E-state index contributed by atoms with van der Waals surface area (Å²) < 4.78 is 5.16. The Morgan fingerprint density at radius 2 is 2.12 bits per heavy atom. The first-order valence-electron chi connectivity index (χ1n) is 5.05. The number of aliphatic hydroxyl groups excluding tert-OH is 1. The van der Waals surface area contributed by atoms with E-state index >= 15 is 0 Å². The van der Waals surface area contributed by atoms with Gasteiger partial charge in [-0.05, 0) is 6.42 Å². The lowest BCUT2D eigenvalue weighted by atomic mass is 9.94. The predicted molar refractivity (Wildman–Crippen MR) is 57.5 cm³/mol. The number of rotatable bonds is 5. The molecule has 1 aliphatic rings. The molecular formula is C11H14O6. The molecule has 0 saturated carbocycles. The van der Waals surface area contributed by atoms with Crippen molar-refractivity contribution in [2.45, 2.75) is 25.0 Å². The number of carbonyl (C=O) groups is 2. The first-order chi connectivity index (χ1) is 7.91. The highest BCUT2D eigenvalue weighted by Crippen LogP contribution is 2.22. The molecule has 0 unspecified atom stereocenters. The van der Waals surface area contributed by atoms with Gasteiger partial charge < -0.3 is 20.1 Å². The van der Waals surface area contributed by atoms with E-state index in [1.165, 1.54) is 6.08 Å². The van der Waals surface area contributed by atoms with Crippen molar-refractivity contribution in [3.63, 3.8) is 0 Å². The van der Waals surface area contributed by atoms with Crippen LogP contribution in [0.15, 0.2) is 23.8 Å². The monoisotopic (exact) mass is 242 g/mol. The average molecular weight is 242 g/mol. The van der Waals surface area contributed by atoms with Crippen LogP contribution in [0.4, 0.5) is 0 Å². The van der Waals surface area contributed by atoms with Crippen molar-refractivity contribution in [2.75, 3.05) is 6.61 Å². The van der Waals surface area contributed by atoms with Crippen LogP contribution in [0.2, 0.25) is 0 Å². The van der Waals surface area contributed by atoms with Gasteiger partial charge in [-0.3, -0.25) is 0 Å². The van der Waals surface area contributed by atoms with Gasteiger partial charge in [0, 0.05) is 12.0 Å². The number of aliphatic carboxylic acids is 2. The summed E-state index contributed by atoms with van der Waals surface area (Å²) in [7, 11) is 0. The van der Waals surface area contributed by atoms with Crippen molar-refractivity contribution in [3.05, 3.63) is 23.8 Å². The second-order valence-corrected chi connectivity index (χ2v) is 3.80. The molecule has 0 spiro atoms. The van der Waals surface area contributed by atoms with Gasteiger partial charge in [-0.1, -0.05) is 12.7 Å². The van der Waals surface area contributed by atoms with E-state index in [0.717, 1.165) is 0 Å². The molecular weight excluding hydrogens is 228 g/mol. The molecule has 94 valence electrons. The second-order valence-electron chi connectivity index (χ2n) is 3.80. The quantitative estimate of drug-likeness (QED) is 0.594. The van der Waals surface area contributed by atoms with E-state index < -0.39 is 24.1 Å². The zero-order chi connectivity index (χ0) is 13.0. The molecule has 6 nitrogen and oxygen atoms in total. The van der Waals surface area contributed by atoms with E-state index in [1.54, 1.807) is 0 Å². The molecule has 0 aromatic rings. The van der Waals surface area contributed by atoms with Gasteiger partial charge in [-0.25, -0.2) is 9.59 Å². The van der Waals surface area contributed by atoms with Gasteiger partial charge in [0.05, 0.1) is 24.4 Å². The van der Waals surface area contributed by atoms with Crippen LogP contribution in [0.1, 0.15) is 12.8 Å². The molecule has 0 fully saturated rings.